The fraction of sp³-hybridized carbons (Fsp3) is 0.440. The molecule has 1 amide bonds. The van der Waals surface area contributed by atoms with Crippen LogP contribution in [0.5, 0.6) is 11.5 Å². The Bertz CT molecular complexity index is 854. The number of para-hydroxylation sites is 2. The average molecular weight is 426 g/mol. The SMILES string of the molecule is C[C@H]1[C@H](C)CCC[C@H]1NC(=O)COC(=O)c1ccccc1OCCOc1ccccc1. The van der Waals surface area contributed by atoms with Crippen LogP contribution in [0.3, 0.4) is 0 Å². The Labute approximate surface area is 183 Å². The van der Waals surface area contributed by atoms with Gasteiger partial charge < -0.3 is 19.5 Å². The van der Waals surface area contributed by atoms with Crippen molar-refractivity contribution >= 4 is 11.9 Å². The van der Waals surface area contributed by atoms with Crippen molar-refractivity contribution in [2.75, 3.05) is 19.8 Å². The summed E-state index contributed by atoms with van der Waals surface area (Å²) >= 11 is 0. The van der Waals surface area contributed by atoms with Crippen molar-refractivity contribution in [2.24, 2.45) is 11.8 Å². The second-order valence-electron chi connectivity index (χ2n) is 8.02. The molecule has 6 heteroatoms. The quantitative estimate of drug-likeness (QED) is 0.480. The summed E-state index contributed by atoms with van der Waals surface area (Å²) < 4.78 is 16.6. The Morgan fingerprint density at radius 1 is 0.935 bits per heavy atom. The third kappa shape index (κ3) is 6.74. The monoisotopic (exact) mass is 425 g/mol. The number of rotatable bonds is 9. The normalized spacial score (nSPS) is 20.5. The number of carbonyl (C=O) groups excluding carboxylic acids is 2. The van der Waals surface area contributed by atoms with Gasteiger partial charge in [0.1, 0.15) is 30.3 Å². The second-order valence-corrected chi connectivity index (χ2v) is 8.02. The lowest BCUT2D eigenvalue weighted by atomic mass is 9.78. The van der Waals surface area contributed by atoms with Crippen molar-refractivity contribution < 1.29 is 23.8 Å². The summed E-state index contributed by atoms with van der Waals surface area (Å²) in [5.74, 6) is 1.30. The number of hydrogen-bond donors (Lipinski definition) is 1. The van der Waals surface area contributed by atoms with E-state index >= 15 is 0 Å². The van der Waals surface area contributed by atoms with Gasteiger partial charge in [0, 0.05) is 6.04 Å². The molecule has 0 spiro atoms. The largest absolute Gasteiger partial charge is 0.490 e. The molecule has 0 unspecified atom stereocenters. The van der Waals surface area contributed by atoms with Crippen molar-refractivity contribution in [3.05, 3.63) is 60.2 Å². The van der Waals surface area contributed by atoms with Crippen molar-refractivity contribution in [1.29, 1.82) is 0 Å². The third-order valence-corrected chi connectivity index (χ3v) is 5.85. The minimum atomic E-state index is -0.584. The first-order valence-electron chi connectivity index (χ1n) is 10.9. The maximum absolute atomic E-state index is 12.5. The lowest BCUT2D eigenvalue weighted by Crippen LogP contribution is -2.45. The van der Waals surface area contributed by atoms with Crippen LogP contribution in [0.2, 0.25) is 0 Å². The van der Waals surface area contributed by atoms with Gasteiger partial charge >= 0.3 is 5.97 Å². The molecule has 0 bridgehead atoms. The molecule has 0 radical (unpaired) electrons. The number of amides is 1. The zero-order chi connectivity index (χ0) is 22.1. The standard InChI is InChI=1S/C25H31NO5/c1-18-9-8-13-22(19(18)2)26-24(27)17-31-25(28)21-12-6-7-14-23(21)30-16-15-29-20-10-4-3-5-11-20/h3-7,10-12,14,18-19,22H,8-9,13,15-17H2,1-2H3,(H,26,27)/t18-,19+,22-/m1/s1. The van der Waals surface area contributed by atoms with Gasteiger partial charge in [-0.05, 0) is 42.5 Å². The minimum absolute atomic E-state index is 0.134. The number of esters is 1. The smallest absolute Gasteiger partial charge is 0.342 e. The van der Waals surface area contributed by atoms with Crippen LogP contribution in [0.1, 0.15) is 43.5 Å². The summed E-state index contributed by atoms with van der Waals surface area (Å²) in [6.45, 7) is 4.69. The summed E-state index contributed by atoms with van der Waals surface area (Å²) in [7, 11) is 0. The molecule has 0 aromatic heterocycles. The van der Waals surface area contributed by atoms with Crippen molar-refractivity contribution in [3.8, 4) is 11.5 Å². The average Bonchev–Trinajstić information content (AvgIpc) is 2.79. The summed E-state index contributed by atoms with van der Waals surface area (Å²) in [4.78, 5) is 24.8. The molecular weight excluding hydrogens is 394 g/mol. The molecule has 3 rings (SSSR count). The first-order chi connectivity index (χ1) is 15.0. The van der Waals surface area contributed by atoms with Gasteiger partial charge in [-0.25, -0.2) is 4.79 Å². The van der Waals surface area contributed by atoms with Crippen molar-refractivity contribution in [3.63, 3.8) is 0 Å². The fourth-order valence-corrected chi connectivity index (χ4v) is 3.83. The predicted molar refractivity (Wildman–Crippen MR) is 118 cm³/mol. The molecule has 1 N–H and O–H groups in total. The molecule has 1 saturated carbocycles. The van der Waals surface area contributed by atoms with E-state index in [0.717, 1.165) is 18.6 Å². The van der Waals surface area contributed by atoms with Crippen LogP contribution in [0.4, 0.5) is 0 Å². The summed E-state index contributed by atoms with van der Waals surface area (Å²) in [5.41, 5.74) is 0.287. The minimum Gasteiger partial charge on any atom is -0.490 e. The Balaban J connectivity index is 1.46. The molecule has 166 valence electrons. The Kier molecular flexibility index (Phi) is 8.33. The third-order valence-electron chi connectivity index (χ3n) is 5.85. The van der Waals surface area contributed by atoms with Gasteiger partial charge in [0.25, 0.3) is 5.91 Å². The molecular formula is C25H31NO5. The highest BCUT2D eigenvalue weighted by molar-refractivity contribution is 5.94. The molecule has 6 nitrogen and oxygen atoms in total. The molecule has 2 aromatic carbocycles. The Hall–Kier alpha value is -3.02. The number of benzene rings is 2. The Morgan fingerprint density at radius 3 is 2.45 bits per heavy atom. The molecule has 3 atom stereocenters. The van der Waals surface area contributed by atoms with Crippen LogP contribution < -0.4 is 14.8 Å². The van der Waals surface area contributed by atoms with Crippen molar-refractivity contribution in [2.45, 2.75) is 39.2 Å². The molecule has 31 heavy (non-hydrogen) atoms. The van der Waals surface area contributed by atoms with Gasteiger partial charge in [0.05, 0.1) is 0 Å². The maximum Gasteiger partial charge on any atom is 0.342 e. The van der Waals surface area contributed by atoms with E-state index in [0.29, 0.717) is 24.2 Å². The van der Waals surface area contributed by atoms with Gasteiger partial charge in [-0.2, -0.15) is 0 Å². The topological polar surface area (TPSA) is 73.9 Å². The number of ether oxygens (including phenoxy) is 3. The molecule has 0 heterocycles. The zero-order valence-electron chi connectivity index (χ0n) is 18.2. The van der Waals surface area contributed by atoms with E-state index in [4.69, 9.17) is 14.2 Å². The van der Waals surface area contributed by atoms with E-state index in [9.17, 15) is 9.59 Å². The summed E-state index contributed by atoms with van der Waals surface area (Å²) in [6, 6.07) is 16.4. The number of carbonyl (C=O) groups is 2. The van der Waals surface area contributed by atoms with E-state index in [2.05, 4.69) is 19.2 Å². The van der Waals surface area contributed by atoms with Crippen molar-refractivity contribution in [1.82, 2.24) is 5.32 Å². The van der Waals surface area contributed by atoms with Gasteiger partial charge in [0.2, 0.25) is 0 Å². The van der Waals surface area contributed by atoms with Crippen LogP contribution in [-0.4, -0.2) is 37.7 Å². The van der Waals surface area contributed by atoms with Crippen LogP contribution >= 0.6 is 0 Å². The van der Waals surface area contributed by atoms with Gasteiger partial charge in [-0.1, -0.05) is 57.0 Å². The number of hydrogen-bond acceptors (Lipinski definition) is 5. The molecule has 0 saturated heterocycles. The van der Waals surface area contributed by atoms with E-state index in [1.54, 1.807) is 24.3 Å². The highest BCUT2D eigenvalue weighted by atomic mass is 16.5. The molecule has 1 fully saturated rings. The highest BCUT2D eigenvalue weighted by Crippen LogP contribution is 2.29. The first-order valence-corrected chi connectivity index (χ1v) is 10.9. The second kappa shape index (κ2) is 11.4. The Morgan fingerprint density at radius 2 is 1.65 bits per heavy atom. The van der Waals surface area contributed by atoms with E-state index in [1.807, 2.05) is 30.3 Å². The van der Waals surface area contributed by atoms with Gasteiger partial charge in [-0.15, -0.1) is 0 Å². The first kappa shape index (κ1) is 22.7. The van der Waals surface area contributed by atoms with E-state index in [1.165, 1.54) is 6.42 Å². The van der Waals surface area contributed by atoms with E-state index in [-0.39, 0.29) is 30.7 Å². The van der Waals surface area contributed by atoms with E-state index < -0.39 is 5.97 Å². The zero-order valence-corrected chi connectivity index (χ0v) is 18.2. The van der Waals surface area contributed by atoms with Crippen LogP contribution in [0.25, 0.3) is 0 Å². The molecule has 1 aliphatic rings. The van der Waals surface area contributed by atoms with Gasteiger partial charge in [0.15, 0.2) is 6.61 Å². The highest BCUT2D eigenvalue weighted by Gasteiger charge is 2.28. The molecule has 2 aromatic rings. The maximum atomic E-state index is 12.5. The van der Waals surface area contributed by atoms with Crippen LogP contribution in [0, 0.1) is 11.8 Å². The number of nitrogens with one attached hydrogen (secondary N) is 1. The fourth-order valence-electron chi connectivity index (χ4n) is 3.83. The molecule has 0 aliphatic heterocycles. The lowest BCUT2D eigenvalue weighted by molar-refractivity contribution is -0.125. The lowest BCUT2D eigenvalue weighted by Gasteiger charge is -2.34. The summed E-state index contributed by atoms with van der Waals surface area (Å²) in [6.07, 6.45) is 3.26. The molecule has 1 aliphatic carbocycles. The van der Waals surface area contributed by atoms with Crippen LogP contribution in [-0.2, 0) is 9.53 Å². The summed E-state index contributed by atoms with van der Waals surface area (Å²) in [5, 5.41) is 3.01. The van der Waals surface area contributed by atoms with Crippen LogP contribution in [0.15, 0.2) is 54.6 Å². The van der Waals surface area contributed by atoms with Gasteiger partial charge in [-0.3, -0.25) is 4.79 Å². The predicted octanol–water partition coefficient (Wildman–Crippen LogP) is 4.24.